The second-order valence-corrected chi connectivity index (χ2v) is 6.56. The minimum absolute atomic E-state index is 0. The minimum atomic E-state index is -0.499. The first kappa shape index (κ1) is 21.9. The zero-order chi connectivity index (χ0) is 19.2. The molecular formula is C19H21Cl2N3O4. The van der Waals surface area contributed by atoms with Crippen molar-refractivity contribution in [2.75, 3.05) is 26.2 Å². The highest BCUT2D eigenvalue weighted by atomic mass is 35.5. The zero-order valence-corrected chi connectivity index (χ0v) is 16.6. The van der Waals surface area contributed by atoms with Crippen LogP contribution in [0.4, 0.5) is 5.69 Å². The van der Waals surface area contributed by atoms with Gasteiger partial charge in [-0.1, -0.05) is 41.9 Å². The van der Waals surface area contributed by atoms with E-state index in [1.165, 1.54) is 12.1 Å². The fraction of sp³-hybridized carbons (Fsp3) is 0.316. The number of rotatable bonds is 6. The molecule has 2 aromatic carbocycles. The fourth-order valence-corrected chi connectivity index (χ4v) is 3.41. The monoisotopic (exact) mass is 425 g/mol. The van der Waals surface area contributed by atoms with Gasteiger partial charge in [-0.3, -0.25) is 14.9 Å². The topological polar surface area (TPSA) is 84.7 Å². The number of nitro benzene ring substituents is 1. The summed E-state index contributed by atoms with van der Waals surface area (Å²) in [5.41, 5.74) is 0.792. The minimum Gasteiger partial charge on any atom is -0.486 e. The van der Waals surface area contributed by atoms with Gasteiger partial charge in [0.15, 0.2) is 5.75 Å². The molecule has 1 unspecified atom stereocenters. The summed E-state index contributed by atoms with van der Waals surface area (Å²) in [6.07, 6.45) is 0.132. The Morgan fingerprint density at radius 2 is 1.96 bits per heavy atom. The average Bonchev–Trinajstić information content (AvgIpc) is 2.68. The molecule has 9 heteroatoms. The third-order valence-corrected chi connectivity index (χ3v) is 4.81. The standard InChI is InChI=1S/C19H20ClN3O4.ClH/c20-15-6-2-1-5-14(15)17-13-21-10-11-22(17)19(24)9-12-27-18-8-4-3-7-16(18)23(25)26;/h1-8,17,21H,9-13H2;1H. The predicted molar refractivity (Wildman–Crippen MR) is 109 cm³/mol. The molecule has 1 saturated heterocycles. The van der Waals surface area contributed by atoms with Crippen molar-refractivity contribution in [2.45, 2.75) is 12.5 Å². The van der Waals surface area contributed by atoms with Crippen molar-refractivity contribution in [1.82, 2.24) is 10.2 Å². The lowest BCUT2D eigenvalue weighted by Gasteiger charge is -2.37. The van der Waals surface area contributed by atoms with Gasteiger partial charge in [0.1, 0.15) is 0 Å². The number of para-hydroxylation sites is 2. The molecule has 1 amide bonds. The van der Waals surface area contributed by atoms with Crippen LogP contribution in [-0.2, 0) is 4.79 Å². The van der Waals surface area contributed by atoms with E-state index in [1.807, 2.05) is 24.3 Å². The molecule has 0 spiro atoms. The zero-order valence-electron chi connectivity index (χ0n) is 15.0. The maximum Gasteiger partial charge on any atom is 0.310 e. The summed E-state index contributed by atoms with van der Waals surface area (Å²) in [4.78, 5) is 25.1. The first-order valence-electron chi connectivity index (χ1n) is 8.68. The third-order valence-electron chi connectivity index (χ3n) is 4.46. The number of hydrogen-bond donors (Lipinski definition) is 1. The molecular weight excluding hydrogens is 405 g/mol. The van der Waals surface area contributed by atoms with Crippen molar-refractivity contribution >= 4 is 35.6 Å². The Hall–Kier alpha value is -2.35. The van der Waals surface area contributed by atoms with E-state index in [0.29, 0.717) is 24.7 Å². The Bertz CT molecular complexity index is 834. The maximum absolute atomic E-state index is 12.7. The Labute approximate surface area is 174 Å². The van der Waals surface area contributed by atoms with Crippen LogP contribution in [0.5, 0.6) is 5.75 Å². The van der Waals surface area contributed by atoms with Crippen LogP contribution in [0.2, 0.25) is 5.02 Å². The summed E-state index contributed by atoms with van der Waals surface area (Å²) in [6.45, 7) is 1.97. The van der Waals surface area contributed by atoms with Gasteiger partial charge >= 0.3 is 5.69 Å². The summed E-state index contributed by atoms with van der Waals surface area (Å²) >= 11 is 6.30. The smallest absolute Gasteiger partial charge is 0.310 e. The van der Waals surface area contributed by atoms with E-state index in [1.54, 1.807) is 17.0 Å². The highest BCUT2D eigenvalue weighted by molar-refractivity contribution is 6.31. The molecule has 0 bridgehead atoms. The number of carbonyl (C=O) groups excluding carboxylic acids is 1. The van der Waals surface area contributed by atoms with Gasteiger partial charge in [0, 0.05) is 30.7 Å². The van der Waals surface area contributed by atoms with E-state index in [4.69, 9.17) is 16.3 Å². The Morgan fingerprint density at radius 3 is 2.71 bits per heavy atom. The van der Waals surface area contributed by atoms with Crippen LogP contribution in [0.25, 0.3) is 0 Å². The van der Waals surface area contributed by atoms with Crippen LogP contribution < -0.4 is 10.1 Å². The van der Waals surface area contributed by atoms with Crippen LogP contribution in [0.15, 0.2) is 48.5 Å². The van der Waals surface area contributed by atoms with Crippen molar-refractivity contribution < 1.29 is 14.5 Å². The van der Waals surface area contributed by atoms with Crippen LogP contribution >= 0.6 is 24.0 Å². The SMILES string of the molecule is Cl.O=C(CCOc1ccccc1[N+](=O)[O-])N1CCNCC1c1ccccc1Cl. The molecule has 0 saturated carbocycles. The molecule has 150 valence electrons. The number of benzene rings is 2. The predicted octanol–water partition coefficient (Wildman–Crippen LogP) is 3.61. The molecule has 0 aromatic heterocycles. The number of nitrogens with one attached hydrogen (secondary N) is 1. The molecule has 1 aliphatic rings. The summed E-state index contributed by atoms with van der Waals surface area (Å²) in [5, 5.41) is 14.9. The fourth-order valence-electron chi connectivity index (χ4n) is 3.15. The van der Waals surface area contributed by atoms with E-state index in [-0.39, 0.29) is 48.8 Å². The second-order valence-electron chi connectivity index (χ2n) is 6.15. The summed E-state index contributed by atoms with van der Waals surface area (Å²) in [6, 6.07) is 13.5. The van der Waals surface area contributed by atoms with Crippen molar-refractivity contribution in [3.05, 3.63) is 69.2 Å². The number of nitro groups is 1. The van der Waals surface area contributed by atoms with Crippen molar-refractivity contribution in [2.24, 2.45) is 0 Å². The molecule has 1 N–H and O–H groups in total. The van der Waals surface area contributed by atoms with Crippen LogP contribution in [0.1, 0.15) is 18.0 Å². The average molecular weight is 426 g/mol. The molecule has 1 aliphatic heterocycles. The number of nitrogens with zero attached hydrogens (tertiary/aromatic N) is 2. The Kier molecular flexibility index (Phi) is 8.04. The van der Waals surface area contributed by atoms with Gasteiger partial charge in [0.2, 0.25) is 5.91 Å². The van der Waals surface area contributed by atoms with Gasteiger partial charge < -0.3 is 15.0 Å². The first-order chi connectivity index (χ1) is 13.1. The van der Waals surface area contributed by atoms with E-state index in [0.717, 1.165) is 5.56 Å². The Balaban J connectivity index is 0.00000280. The van der Waals surface area contributed by atoms with Gasteiger partial charge in [-0.15, -0.1) is 12.4 Å². The first-order valence-corrected chi connectivity index (χ1v) is 9.06. The molecule has 3 rings (SSSR count). The summed E-state index contributed by atoms with van der Waals surface area (Å²) in [7, 11) is 0. The molecule has 0 aliphatic carbocycles. The van der Waals surface area contributed by atoms with Crippen molar-refractivity contribution in [3.63, 3.8) is 0 Å². The van der Waals surface area contributed by atoms with E-state index < -0.39 is 4.92 Å². The van der Waals surface area contributed by atoms with Crippen molar-refractivity contribution in [1.29, 1.82) is 0 Å². The van der Waals surface area contributed by atoms with Gasteiger partial charge in [-0.25, -0.2) is 0 Å². The number of piperazine rings is 1. The lowest BCUT2D eigenvalue weighted by atomic mass is 10.0. The van der Waals surface area contributed by atoms with Crippen LogP contribution in [0, 0.1) is 10.1 Å². The van der Waals surface area contributed by atoms with Gasteiger partial charge in [0.05, 0.1) is 24.0 Å². The summed E-state index contributed by atoms with van der Waals surface area (Å²) < 4.78 is 5.49. The van der Waals surface area contributed by atoms with E-state index >= 15 is 0 Å². The number of ether oxygens (including phenoxy) is 1. The molecule has 28 heavy (non-hydrogen) atoms. The van der Waals surface area contributed by atoms with E-state index in [9.17, 15) is 14.9 Å². The van der Waals surface area contributed by atoms with Crippen LogP contribution in [-0.4, -0.2) is 42.0 Å². The van der Waals surface area contributed by atoms with Gasteiger partial charge in [0.25, 0.3) is 0 Å². The lowest BCUT2D eigenvalue weighted by Crippen LogP contribution is -2.49. The lowest BCUT2D eigenvalue weighted by molar-refractivity contribution is -0.385. The maximum atomic E-state index is 12.7. The molecule has 0 radical (unpaired) electrons. The number of amides is 1. The normalized spacial score (nSPS) is 16.2. The number of halogens is 2. The van der Waals surface area contributed by atoms with Gasteiger partial charge in [-0.05, 0) is 17.7 Å². The van der Waals surface area contributed by atoms with Gasteiger partial charge in [-0.2, -0.15) is 0 Å². The Morgan fingerprint density at radius 1 is 1.25 bits per heavy atom. The molecule has 7 nitrogen and oxygen atoms in total. The highest BCUT2D eigenvalue weighted by Crippen LogP contribution is 2.29. The third kappa shape index (κ3) is 5.13. The summed E-state index contributed by atoms with van der Waals surface area (Å²) in [5.74, 6) is 0.0956. The molecule has 2 aromatic rings. The quantitative estimate of drug-likeness (QED) is 0.564. The molecule has 1 fully saturated rings. The highest BCUT2D eigenvalue weighted by Gasteiger charge is 2.29. The number of carbonyl (C=O) groups is 1. The number of hydrogen-bond acceptors (Lipinski definition) is 5. The second kappa shape index (κ2) is 10.3. The van der Waals surface area contributed by atoms with Crippen molar-refractivity contribution in [3.8, 4) is 5.75 Å². The molecule has 1 heterocycles. The largest absolute Gasteiger partial charge is 0.486 e. The van der Waals surface area contributed by atoms with E-state index in [2.05, 4.69) is 5.32 Å². The van der Waals surface area contributed by atoms with Crippen LogP contribution in [0.3, 0.4) is 0 Å². The molecule has 1 atom stereocenters.